The summed E-state index contributed by atoms with van der Waals surface area (Å²) in [5.74, 6) is 1.83. The van der Waals surface area contributed by atoms with Crippen LogP contribution in [0, 0.1) is 0 Å². The first-order valence-electron chi connectivity index (χ1n) is 18.9. The normalized spacial score (nSPS) is 11.6. The summed E-state index contributed by atoms with van der Waals surface area (Å²) in [7, 11) is 0. The lowest BCUT2D eigenvalue weighted by molar-refractivity contribution is 0.953. The Morgan fingerprint density at radius 3 is 1.45 bits per heavy atom. The third-order valence-electron chi connectivity index (χ3n) is 10.8. The second-order valence-electron chi connectivity index (χ2n) is 14.1. The van der Waals surface area contributed by atoms with Gasteiger partial charge in [-0.15, -0.1) is 0 Å². The molecule has 3 aromatic heterocycles. The molecule has 0 atom stereocenters. The topological polar surface area (TPSA) is 48.5 Å². The van der Waals surface area contributed by atoms with Gasteiger partial charge in [0.2, 0.25) is 5.95 Å². The first-order valence-corrected chi connectivity index (χ1v) is 18.9. The third-order valence-corrected chi connectivity index (χ3v) is 10.8. The van der Waals surface area contributed by atoms with Gasteiger partial charge in [-0.05, 0) is 52.6 Å². The van der Waals surface area contributed by atoms with Gasteiger partial charge < -0.3 is 4.57 Å². The molecule has 0 unspecified atom stereocenters. The summed E-state index contributed by atoms with van der Waals surface area (Å²) < 4.78 is 4.64. The van der Waals surface area contributed by atoms with Gasteiger partial charge in [-0.1, -0.05) is 170 Å². The van der Waals surface area contributed by atoms with Crippen LogP contribution < -0.4 is 0 Å². The van der Waals surface area contributed by atoms with Gasteiger partial charge in [0.25, 0.3) is 0 Å². The Bertz CT molecular complexity index is 3160. The van der Waals surface area contributed by atoms with Crippen LogP contribution in [-0.4, -0.2) is 24.1 Å². The highest BCUT2D eigenvalue weighted by molar-refractivity contribution is 6.26. The van der Waals surface area contributed by atoms with E-state index in [0.29, 0.717) is 17.6 Å². The van der Waals surface area contributed by atoms with Crippen molar-refractivity contribution in [1.29, 1.82) is 0 Å². The van der Waals surface area contributed by atoms with Crippen molar-refractivity contribution in [2.45, 2.75) is 0 Å². The van der Waals surface area contributed by atoms with Gasteiger partial charge in [-0.3, -0.25) is 4.57 Å². The summed E-state index contributed by atoms with van der Waals surface area (Å²) in [5, 5.41) is 4.68. The molecule has 0 fully saturated rings. The highest BCUT2D eigenvalue weighted by atomic mass is 15.2. The number of para-hydroxylation sites is 2. The Balaban J connectivity index is 1.16. The van der Waals surface area contributed by atoms with Gasteiger partial charge >= 0.3 is 0 Å². The second-order valence-corrected chi connectivity index (χ2v) is 14.1. The van der Waals surface area contributed by atoms with E-state index in [4.69, 9.17) is 15.0 Å². The SMILES string of the molecule is c1ccc(-c2ccc(-c3cccc(-n4c5ccccc5c5ccc6c(c7ccccc7n6-c6nc(-c7ccccc7)nc(-c7ccccc7)n6)c54)c3)cc2)cc1. The fourth-order valence-electron chi connectivity index (χ4n) is 8.20. The number of fused-ring (bicyclic) bond motifs is 7. The Kier molecular flexibility index (Phi) is 7.42. The largest absolute Gasteiger partial charge is 0.309 e. The van der Waals surface area contributed by atoms with Crippen molar-refractivity contribution in [2.24, 2.45) is 0 Å². The number of hydrogen-bond donors (Lipinski definition) is 0. The van der Waals surface area contributed by atoms with Crippen molar-refractivity contribution in [3.63, 3.8) is 0 Å². The van der Waals surface area contributed by atoms with E-state index in [1.165, 1.54) is 27.5 Å². The lowest BCUT2D eigenvalue weighted by Crippen LogP contribution is -2.06. The summed E-state index contributed by atoms with van der Waals surface area (Å²) in [4.78, 5) is 15.3. The molecule has 56 heavy (non-hydrogen) atoms. The standard InChI is InChI=1S/C51H33N5/c1-4-15-34(16-5-1)35-27-29-36(30-28-35)39-21-14-22-40(33-39)55-44-25-12-10-23-41(44)42-31-32-46-47(48(42)55)43-24-11-13-26-45(43)56(46)51-53-49(37-17-6-2-7-18-37)52-50(54-51)38-19-8-3-9-20-38/h1-33H. The molecule has 0 aliphatic rings. The molecule has 0 bridgehead atoms. The molecule has 0 amide bonds. The molecule has 3 heterocycles. The minimum Gasteiger partial charge on any atom is -0.309 e. The van der Waals surface area contributed by atoms with Crippen LogP contribution in [0.25, 0.3) is 100 Å². The molecule has 0 saturated carbocycles. The molecule has 0 aliphatic heterocycles. The van der Waals surface area contributed by atoms with Crippen LogP contribution in [0.1, 0.15) is 0 Å². The number of nitrogens with zero attached hydrogens (tertiary/aromatic N) is 5. The molecule has 0 spiro atoms. The Morgan fingerprint density at radius 2 is 0.804 bits per heavy atom. The predicted molar refractivity (Wildman–Crippen MR) is 230 cm³/mol. The highest BCUT2D eigenvalue weighted by Crippen LogP contribution is 2.42. The molecule has 5 heteroatoms. The second kappa shape index (κ2) is 13.0. The summed E-state index contributed by atoms with van der Waals surface area (Å²) in [6.45, 7) is 0. The monoisotopic (exact) mass is 715 g/mol. The highest BCUT2D eigenvalue weighted by Gasteiger charge is 2.23. The zero-order chi connectivity index (χ0) is 37.0. The predicted octanol–water partition coefficient (Wildman–Crippen LogP) is 12.7. The lowest BCUT2D eigenvalue weighted by Gasteiger charge is -2.12. The molecule has 0 saturated heterocycles. The zero-order valence-corrected chi connectivity index (χ0v) is 30.3. The van der Waals surface area contributed by atoms with Crippen molar-refractivity contribution in [1.82, 2.24) is 24.1 Å². The van der Waals surface area contributed by atoms with Gasteiger partial charge in [0.15, 0.2) is 11.6 Å². The summed E-state index contributed by atoms with van der Waals surface area (Å²) in [6, 6.07) is 70.4. The van der Waals surface area contributed by atoms with Crippen LogP contribution in [0.3, 0.4) is 0 Å². The Hall–Kier alpha value is -7.63. The maximum Gasteiger partial charge on any atom is 0.238 e. The summed E-state index contributed by atoms with van der Waals surface area (Å²) in [6.07, 6.45) is 0. The molecule has 8 aromatic carbocycles. The maximum absolute atomic E-state index is 5.18. The molecular formula is C51H33N5. The van der Waals surface area contributed by atoms with Crippen LogP contribution >= 0.6 is 0 Å². The molecule has 11 aromatic rings. The van der Waals surface area contributed by atoms with Gasteiger partial charge in [0, 0.05) is 38.4 Å². The van der Waals surface area contributed by atoms with Crippen LogP contribution in [0.5, 0.6) is 0 Å². The van der Waals surface area contributed by atoms with E-state index in [0.717, 1.165) is 55.2 Å². The van der Waals surface area contributed by atoms with Gasteiger partial charge in [0.1, 0.15) is 0 Å². The Labute approximate surface area is 323 Å². The van der Waals surface area contributed by atoms with Crippen LogP contribution in [0.2, 0.25) is 0 Å². The van der Waals surface area contributed by atoms with E-state index in [-0.39, 0.29) is 0 Å². The van der Waals surface area contributed by atoms with E-state index in [9.17, 15) is 0 Å². The average molecular weight is 716 g/mol. The first-order chi connectivity index (χ1) is 27.8. The van der Waals surface area contributed by atoms with Gasteiger partial charge in [0.05, 0.1) is 22.1 Å². The first kappa shape index (κ1) is 31.9. The van der Waals surface area contributed by atoms with E-state index < -0.39 is 0 Å². The van der Waals surface area contributed by atoms with Crippen molar-refractivity contribution in [2.75, 3.05) is 0 Å². The van der Waals surface area contributed by atoms with E-state index in [2.05, 4.69) is 149 Å². The number of aromatic nitrogens is 5. The van der Waals surface area contributed by atoms with Crippen molar-refractivity contribution in [3.8, 4) is 56.7 Å². The molecule has 262 valence electrons. The summed E-state index contributed by atoms with van der Waals surface area (Å²) >= 11 is 0. The number of benzene rings is 8. The fraction of sp³-hybridized carbons (Fsp3) is 0. The zero-order valence-electron chi connectivity index (χ0n) is 30.3. The lowest BCUT2D eigenvalue weighted by atomic mass is 10.00. The number of rotatable bonds is 6. The molecule has 0 radical (unpaired) electrons. The third kappa shape index (κ3) is 5.21. The minimum atomic E-state index is 0.576. The average Bonchev–Trinajstić information content (AvgIpc) is 3.80. The van der Waals surface area contributed by atoms with E-state index in [1.54, 1.807) is 0 Å². The Morgan fingerprint density at radius 1 is 0.304 bits per heavy atom. The quantitative estimate of drug-likeness (QED) is 0.172. The van der Waals surface area contributed by atoms with Gasteiger partial charge in [-0.25, -0.2) is 4.98 Å². The smallest absolute Gasteiger partial charge is 0.238 e. The van der Waals surface area contributed by atoms with Crippen molar-refractivity contribution >= 4 is 43.6 Å². The number of hydrogen-bond acceptors (Lipinski definition) is 3. The van der Waals surface area contributed by atoms with Crippen LogP contribution in [0.4, 0.5) is 0 Å². The van der Waals surface area contributed by atoms with Crippen LogP contribution in [0.15, 0.2) is 200 Å². The molecule has 5 nitrogen and oxygen atoms in total. The van der Waals surface area contributed by atoms with E-state index in [1.807, 2.05) is 60.7 Å². The minimum absolute atomic E-state index is 0.576. The molecule has 0 N–H and O–H groups in total. The maximum atomic E-state index is 5.18. The summed E-state index contributed by atoms with van der Waals surface area (Å²) in [5.41, 5.74) is 12.1. The molecule has 0 aliphatic carbocycles. The van der Waals surface area contributed by atoms with Gasteiger partial charge in [-0.2, -0.15) is 9.97 Å². The fourth-order valence-corrected chi connectivity index (χ4v) is 8.20. The molecular weight excluding hydrogens is 683 g/mol. The van der Waals surface area contributed by atoms with E-state index >= 15 is 0 Å². The van der Waals surface area contributed by atoms with Crippen molar-refractivity contribution in [3.05, 3.63) is 200 Å². The van der Waals surface area contributed by atoms with Crippen molar-refractivity contribution < 1.29 is 0 Å². The molecule has 11 rings (SSSR count). The van der Waals surface area contributed by atoms with Crippen LogP contribution in [-0.2, 0) is 0 Å².